The lowest BCUT2D eigenvalue weighted by Crippen LogP contribution is -2.36. The third kappa shape index (κ3) is 4.20. The summed E-state index contributed by atoms with van der Waals surface area (Å²) in [5.74, 6) is 0.437. The first-order chi connectivity index (χ1) is 12.1. The van der Waals surface area contributed by atoms with E-state index >= 15 is 0 Å². The number of benzene rings is 1. The van der Waals surface area contributed by atoms with Gasteiger partial charge in [-0.1, -0.05) is 18.2 Å². The molecule has 0 saturated heterocycles. The molecule has 0 saturated carbocycles. The molecule has 1 atom stereocenters. The van der Waals surface area contributed by atoms with Crippen molar-refractivity contribution in [1.82, 2.24) is 25.1 Å². The van der Waals surface area contributed by atoms with Crippen LogP contribution in [0, 0.1) is 0 Å². The number of ether oxygens (including phenoxy) is 1. The number of carbonyl (C=O) groups excluding carboxylic acids is 1. The number of amides is 1. The highest BCUT2D eigenvalue weighted by Crippen LogP contribution is 2.18. The number of rotatable bonds is 6. The van der Waals surface area contributed by atoms with Gasteiger partial charge in [-0.2, -0.15) is 5.10 Å². The number of para-hydroxylation sites is 1. The second kappa shape index (κ2) is 7.57. The third-order valence-corrected chi connectivity index (χ3v) is 3.61. The average Bonchev–Trinajstić information content (AvgIpc) is 3.07. The summed E-state index contributed by atoms with van der Waals surface area (Å²) in [5, 5.41) is 6.99. The molecule has 1 amide bonds. The molecule has 25 heavy (non-hydrogen) atoms. The van der Waals surface area contributed by atoms with Gasteiger partial charge in [-0.3, -0.25) is 19.4 Å². The van der Waals surface area contributed by atoms with Gasteiger partial charge >= 0.3 is 0 Å². The van der Waals surface area contributed by atoms with E-state index in [0.29, 0.717) is 17.1 Å². The number of carbonyl (C=O) groups is 1. The molecule has 0 aliphatic heterocycles. The van der Waals surface area contributed by atoms with Gasteiger partial charge in [-0.05, 0) is 19.1 Å². The van der Waals surface area contributed by atoms with Gasteiger partial charge in [0.05, 0.1) is 24.1 Å². The third-order valence-electron chi connectivity index (χ3n) is 3.61. The molecule has 1 unspecified atom stereocenters. The Kier molecular flexibility index (Phi) is 5.03. The Hall–Kier alpha value is -3.22. The summed E-state index contributed by atoms with van der Waals surface area (Å²) < 4.78 is 7.32. The Morgan fingerprint density at radius 3 is 2.72 bits per heavy atom. The molecule has 0 aliphatic rings. The van der Waals surface area contributed by atoms with Crippen LogP contribution in [0.2, 0.25) is 0 Å². The van der Waals surface area contributed by atoms with E-state index in [4.69, 9.17) is 4.74 Å². The molecule has 128 valence electrons. The summed E-state index contributed by atoms with van der Waals surface area (Å²) in [5.41, 5.74) is 2.23. The maximum atomic E-state index is 12.3. The van der Waals surface area contributed by atoms with Gasteiger partial charge in [0.15, 0.2) is 6.10 Å². The van der Waals surface area contributed by atoms with Crippen LogP contribution in [0.3, 0.4) is 0 Å². The van der Waals surface area contributed by atoms with Crippen molar-refractivity contribution in [2.24, 2.45) is 7.05 Å². The van der Waals surface area contributed by atoms with Crippen molar-refractivity contribution in [3.63, 3.8) is 0 Å². The lowest BCUT2D eigenvalue weighted by molar-refractivity contribution is -0.127. The fraction of sp³-hybridized carbons (Fsp3) is 0.222. The van der Waals surface area contributed by atoms with E-state index in [1.54, 1.807) is 30.2 Å². The molecule has 1 aromatic carbocycles. The highest BCUT2D eigenvalue weighted by molar-refractivity contribution is 5.80. The Labute approximate surface area is 145 Å². The summed E-state index contributed by atoms with van der Waals surface area (Å²) in [6.07, 6.45) is 6.19. The largest absolute Gasteiger partial charge is 0.481 e. The minimum Gasteiger partial charge on any atom is -0.481 e. The van der Waals surface area contributed by atoms with Gasteiger partial charge in [0.25, 0.3) is 5.91 Å². The van der Waals surface area contributed by atoms with Gasteiger partial charge in [0.2, 0.25) is 0 Å². The van der Waals surface area contributed by atoms with E-state index < -0.39 is 6.10 Å². The topological polar surface area (TPSA) is 81.9 Å². The Balaban J connectivity index is 1.64. The van der Waals surface area contributed by atoms with Crippen molar-refractivity contribution in [3.8, 4) is 17.0 Å². The van der Waals surface area contributed by atoms with E-state index in [2.05, 4.69) is 20.4 Å². The summed E-state index contributed by atoms with van der Waals surface area (Å²) in [6, 6.07) is 9.24. The number of hydrogen-bond donors (Lipinski definition) is 1. The molecule has 0 aliphatic carbocycles. The van der Waals surface area contributed by atoms with Crippen LogP contribution in [0.15, 0.2) is 55.1 Å². The van der Waals surface area contributed by atoms with Crippen LogP contribution in [0.5, 0.6) is 5.75 Å². The second-order valence-electron chi connectivity index (χ2n) is 5.55. The number of nitrogens with one attached hydrogen (secondary N) is 1. The molecule has 0 bridgehead atoms. The van der Waals surface area contributed by atoms with Crippen LogP contribution in [0.25, 0.3) is 11.3 Å². The van der Waals surface area contributed by atoms with Gasteiger partial charge < -0.3 is 10.1 Å². The second-order valence-corrected chi connectivity index (χ2v) is 5.55. The highest BCUT2D eigenvalue weighted by atomic mass is 16.5. The fourth-order valence-corrected chi connectivity index (χ4v) is 2.35. The first-order valence-electron chi connectivity index (χ1n) is 7.92. The van der Waals surface area contributed by atoms with Gasteiger partial charge in [0.1, 0.15) is 5.75 Å². The Morgan fingerprint density at radius 1 is 1.24 bits per heavy atom. The first-order valence-corrected chi connectivity index (χ1v) is 7.92. The molecule has 0 spiro atoms. The van der Waals surface area contributed by atoms with E-state index in [0.717, 1.165) is 5.56 Å². The maximum absolute atomic E-state index is 12.3. The van der Waals surface area contributed by atoms with Crippen LogP contribution in [-0.4, -0.2) is 31.8 Å². The van der Waals surface area contributed by atoms with E-state index in [-0.39, 0.29) is 12.5 Å². The zero-order valence-corrected chi connectivity index (χ0v) is 14.1. The van der Waals surface area contributed by atoms with Crippen LogP contribution in [-0.2, 0) is 18.4 Å². The quantitative estimate of drug-likeness (QED) is 0.743. The van der Waals surface area contributed by atoms with Gasteiger partial charge in [-0.15, -0.1) is 0 Å². The molecule has 2 aromatic heterocycles. The number of nitrogens with zero attached hydrogens (tertiary/aromatic N) is 4. The average molecular weight is 337 g/mol. The van der Waals surface area contributed by atoms with Crippen LogP contribution in [0.4, 0.5) is 0 Å². The smallest absolute Gasteiger partial charge is 0.261 e. The normalized spacial score (nSPS) is 11.8. The van der Waals surface area contributed by atoms with Crippen molar-refractivity contribution < 1.29 is 9.53 Å². The lowest BCUT2D eigenvalue weighted by Gasteiger charge is -2.15. The molecule has 7 heteroatoms. The minimum atomic E-state index is -0.610. The van der Waals surface area contributed by atoms with E-state index in [1.165, 1.54) is 0 Å². The molecule has 0 radical (unpaired) electrons. The maximum Gasteiger partial charge on any atom is 0.261 e. The standard InChI is InChI=1S/C18H19N5O2/c1-13(25-15-6-4-3-5-7-15)18(24)21-11-16-17(20-9-8-19-16)14-10-22-23(2)12-14/h3-10,12-13H,11H2,1-2H3,(H,21,24). The molecule has 2 heterocycles. The summed E-state index contributed by atoms with van der Waals surface area (Å²) in [4.78, 5) is 21.0. The highest BCUT2D eigenvalue weighted by Gasteiger charge is 2.16. The number of aryl methyl sites for hydroxylation is 1. The Bertz CT molecular complexity index is 847. The first kappa shape index (κ1) is 16.6. The van der Waals surface area contributed by atoms with Gasteiger partial charge in [0, 0.05) is 31.2 Å². The van der Waals surface area contributed by atoms with Crippen molar-refractivity contribution in [2.75, 3.05) is 0 Å². The minimum absolute atomic E-state index is 0.216. The van der Waals surface area contributed by atoms with Crippen molar-refractivity contribution in [1.29, 1.82) is 0 Å². The summed E-state index contributed by atoms with van der Waals surface area (Å²) >= 11 is 0. The summed E-state index contributed by atoms with van der Waals surface area (Å²) in [7, 11) is 1.84. The molecule has 7 nitrogen and oxygen atoms in total. The van der Waals surface area contributed by atoms with Gasteiger partial charge in [-0.25, -0.2) is 0 Å². The van der Waals surface area contributed by atoms with Crippen LogP contribution < -0.4 is 10.1 Å². The molecule has 1 N–H and O–H groups in total. The number of hydrogen-bond acceptors (Lipinski definition) is 5. The van der Waals surface area contributed by atoms with Crippen molar-refractivity contribution >= 4 is 5.91 Å². The molecular formula is C18H19N5O2. The molecule has 0 fully saturated rings. The molecule has 3 rings (SSSR count). The van der Waals surface area contributed by atoms with Crippen molar-refractivity contribution in [2.45, 2.75) is 19.6 Å². The molecular weight excluding hydrogens is 318 g/mol. The predicted octanol–water partition coefficient (Wildman–Crippen LogP) is 1.96. The van der Waals surface area contributed by atoms with Crippen LogP contribution >= 0.6 is 0 Å². The van der Waals surface area contributed by atoms with Crippen LogP contribution in [0.1, 0.15) is 12.6 Å². The zero-order chi connectivity index (χ0) is 17.6. The fourth-order valence-electron chi connectivity index (χ4n) is 2.35. The lowest BCUT2D eigenvalue weighted by atomic mass is 10.2. The Morgan fingerprint density at radius 2 is 2.00 bits per heavy atom. The molecule has 3 aromatic rings. The number of aromatic nitrogens is 4. The monoisotopic (exact) mass is 337 g/mol. The van der Waals surface area contributed by atoms with E-state index in [9.17, 15) is 4.79 Å². The predicted molar refractivity (Wildman–Crippen MR) is 92.6 cm³/mol. The zero-order valence-electron chi connectivity index (χ0n) is 14.1. The van der Waals surface area contributed by atoms with Crippen molar-refractivity contribution in [3.05, 3.63) is 60.8 Å². The summed E-state index contributed by atoms with van der Waals surface area (Å²) in [6.45, 7) is 1.97. The SMILES string of the molecule is CC(Oc1ccccc1)C(=O)NCc1nccnc1-c1cnn(C)c1. The van der Waals surface area contributed by atoms with E-state index in [1.807, 2.05) is 43.6 Å².